The van der Waals surface area contributed by atoms with Crippen LogP contribution in [-0.2, 0) is 6.54 Å². The highest BCUT2D eigenvalue weighted by Gasteiger charge is 2.04. The van der Waals surface area contributed by atoms with Gasteiger partial charge in [-0.05, 0) is 24.3 Å². The van der Waals surface area contributed by atoms with Gasteiger partial charge in [0.2, 0.25) is 0 Å². The van der Waals surface area contributed by atoms with E-state index in [2.05, 4.69) is 17.2 Å². The second kappa shape index (κ2) is 8.10. The van der Waals surface area contributed by atoms with E-state index in [-0.39, 0.29) is 6.61 Å². The average Bonchev–Trinajstić information content (AvgIpc) is 2.94. The fraction of sp³-hybridized carbons (Fsp3) is 0.188. The predicted octanol–water partition coefficient (Wildman–Crippen LogP) is 2.77. The van der Waals surface area contributed by atoms with Crippen molar-refractivity contribution in [2.24, 2.45) is 0 Å². The summed E-state index contributed by atoms with van der Waals surface area (Å²) >= 11 is 1.51. The Hall–Kier alpha value is -2.29. The van der Waals surface area contributed by atoms with E-state index in [0.29, 0.717) is 18.7 Å². The molecule has 4 nitrogen and oxygen atoms in total. The molecule has 1 aromatic carbocycles. The SMILES string of the molecule is O=C(NCc1ccc(C#CCCO)s1)Oc1ccccc1. The summed E-state index contributed by atoms with van der Waals surface area (Å²) in [5.41, 5.74) is 0. The van der Waals surface area contributed by atoms with E-state index in [0.717, 1.165) is 9.75 Å². The van der Waals surface area contributed by atoms with E-state index >= 15 is 0 Å². The second-order valence-electron chi connectivity index (χ2n) is 4.10. The molecule has 5 heteroatoms. The molecule has 2 rings (SSSR count). The molecule has 21 heavy (non-hydrogen) atoms. The van der Waals surface area contributed by atoms with Crippen LogP contribution in [0.15, 0.2) is 42.5 Å². The Balaban J connectivity index is 1.81. The average molecular weight is 301 g/mol. The van der Waals surface area contributed by atoms with Crippen molar-refractivity contribution in [2.75, 3.05) is 6.61 Å². The first-order valence-electron chi connectivity index (χ1n) is 6.47. The molecular formula is C16H15NO3S. The van der Waals surface area contributed by atoms with Gasteiger partial charge < -0.3 is 15.2 Å². The molecule has 0 fully saturated rings. The molecule has 1 amide bonds. The molecule has 0 aliphatic carbocycles. The number of ether oxygens (including phenoxy) is 1. The summed E-state index contributed by atoms with van der Waals surface area (Å²) in [6.45, 7) is 0.468. The third-order valence-corrected chi connectivity index (χ3v) is 3.47. The number of aliphatic hydroxyl groups is 1. The Kier molecular flexibility index (Phi) is 5.83. The number of hydrogen-bond acceptors (Lipinski definition) is 4. The standard InChI is InChI=1S/C16H15NO3S/c18-11-5-4-8-14-9-10-15(21-14)12-17-16(19)20-13-6-2-1-3-7-13/h1-3,6-7,9-10,18H,5,11-12H2,(H,17,19). The van der Waals surface area contributed by atoms with Gasteiger partial charge in [-0.15, -0.1) is 11.3 Å². The van der Waals surface area contributed by atoms with Crippen LogP contribution in [0.5, 0.6) is 5.75 Å². The largest absolute Gasteiger partial charge is 0.412 e. The number of benzene rings is 1. The maximum Gasteiger partial charge on any atom is 0.412 e. The fourth-order valence-corrected chi connectivity index (χ4v) is 2.36. The number of para-hydroxylation sites is 1. The van der Waals surface area contributed by atoms with Crippen LogP contribution in [0, 0.1) is 11.8 Å². The molecule has 0 aliphatic rings. The van der Waals surface area contributed by atoms with E-state index in [1.54, 1.807) is 24.3 Å². The van der Waals surface area contributed by atoms with Crippen molar-refractivity contribution in [3.05, 3.63) is 52.2 Å². The smallest absolute Gasteiger partial charge is 0.410 e. The molecule has 0 radical (unpaired) electrons. The van der Waals surface area contributed by atoms with Crippen LogP contribution in [0.25, 0.3) is 0 Å². The van der Waals surface area contributed by atoms with Crippen molar-refractivity contribution in [3.8, 4) is 17.6 Å². The highest BCUT2D eigenvalue weighted by molar-refractivity contribution is 7.12. The lowest BCUT2D eigenvalue weighted by Gasteiger charge is -2.04. The Morgan fingerprint density at radius 3 is 2.81 bits per heavy atom. The summed E-state index contributed by atoms with van der Waals surface area (Å²) in [5.74, 6) is 6.33. The highest BCUT2D eigenvalue weighted by Crippen LogP contribution is 2.15. The van der Waals surface area contributed by atoms with E-state index in [4.69, 9.17) is 9.84 Å². The van der Waals surface area contributed by atoms with Crippen LogP contribution < -0.4 is 10.1 Å². The fourth-order valence-electron chi connectivity index (χ4n) is 1.54. The molecular weight excluding hydrogens is 286 g/mol. The van der Waals surface area contributed by atoms with Crippen LogP contribution in [-0.4, -0.2) is 17.8 Å². The van der Waals surface area contributed by atoms with Crippen molar-refractivity contribution in [2.45, 2.75) is 13.0 Å². The normalized spacial score (nSPS) is 9.57. The zero-order valence-corrected chi connectivity index (χ0v) is 12.2. The molecule has 1 aromatic heterocycles. The number of nitrogens with one attached hydrogen (secondary N) is 1. The zero-order chi connectivity index (χ0) is 14.9. The zero-order valence-electron chi connectivity index (χ0n) is 11.3. The van der Waals surface area contributed by atoms with Gasteiger partial charge in [-0.1, -0.05) is 30.0 Å². The van der Waals surface area contributed by atoms with Gasteiger partial charge in [0, 0.05) is 11.3 Å². The van der Waals surface area contributed by atoms with Gasteiger partial charge in [0.15, 0.2) is 0 Å². The lowest BCUT2D eigenvalue weighted by Crippen LogP contribution is -2.25. The third-order valence-electron chi connectivity index (χ3n) is 2.47. The number of rotatable bonds is 4. The predicted molar refractivity (Wildman–Crippen MR) is 82.2 cm³/mol. The number of aliphatic hydroxyl groups excluding tert-OH is 1. The summed E-state index contributed by atoms with van der Waals surface area (Å²) in [6.07, 6.45) is -0.0166. The molecule has 0 atom stereocenters. The van der Waals surface area contributed by atoms with Gasteiger partial charge in [-0.2, -0.15) is 0 Å². The Bertz CT molecular complexity index is 640. The first-order chi connectivity index (χ1) is 10.3. The Labute approximate surface area is 127 Å². The molecule has 2 aromatic rings. The Morgan fingerprint density at radius 1 is 1.24 bits per heavy atom. The monoisotopic (exact) mass is 301 g/mol. The van der Waals surface area contributed by atoms with Crippen molar-refractivity contribution in [3.63, 3.8) is 0 Å². The number of carbonyl (C=O) groups excluding carboxylic acids is 1. The van der Waals surface area contributed by atoms with Crippen LogP contribution in [0.4, 0.5) is 4.79 Å². The summed E-state index contributed by atoms with van der Waals surface area (Å²) in [6, 6.07) is 12.7. The minimum Gasteiger partial charge on any atom is -0.410 e. The van der Waals surface area contributed by atoms with Gasteiger partial charge in [-0.25, -0.2) is 4.79 Å². The van der Waals surface area contributed by atoms with Crippen LogP contribution in [0.2, 0.25) is 0 Å². The molecule has 2 N–H and O–H groups in total. The summed E-state index contributed by atoms with van der Waals surface area (Å²) in [4.78, 5) is 13.5. The summed E-state index contributed by atoms with van der Waals surface area (Å²) in [5, 5.41) is 11.3. The molecule has 0 saturated heterocycles. The minimum atomic E-state index is -0.484. The van der Waals surface area contributed by atoms with Gasteiger partial charge in [0.05, 0.1) is 18.0 Å². The first-order valence-corrected chi connectivity index (χ1v) is 7.29. The third kappa shape index (κ3) is 5.30. The first kappa shape index (κ1) is 15.1. The summed E-state index contributed by atoms with van der Waals surface area (Å²) < 4.78 is 5.12. The van der Waals surface area contributed by atoms with Crippen molar-refractivity contribution in [1.82, 2.24) is 5.32 Å². The van der Waals surface area contributed by atoms with E-state index in [1.807, 2.05) is 18.2 Å². The Morgan fingerprint density at radius 2 is 2.05 bits per heavy atom. The quantitative estimate of drug-likeness (QED) is 0.854. The maximum atomic E-state index is 11.6. The summed E-state index contributed by atoms with van der Waals surface area (Å²) in [7, 11) is 0. The second-order valence-corrected chi connectivity index (χ2v) is 5.27. The molecule has 0 unspecified atom stereocenters. The molecule has 0 aliphatic heterocycles. The number of carbonyl (C=O) groups is 1. The lowest BCUT2D eigenvalue weighted by molar-refractivity contribution is 0.200. The van der Waals surface area contributed by atoms with E-state index in [1.165, 1.54) is 11.3 Å². The van der Waals surface area contributed by atoms with Crippen molar-refractivity contribution in [1.29, 1.82) is 0 Å². The topological polar surface area (TPSA) is 58.6 Å². The van der Waals surface area contributed by atoms with Gasteiger partial charge >= 0.3 is 6.09 Å². The van der Waals surface area contributed by atoms with Crippen LogP contribution in [0.1, 0.15) is 16.2 Å². The molecule has 0 bridgehead atoms. The van der Waals surface area contributed by atoms with Crippen LogP contribution >= 0.6 is 11.3 Å². The van der Waals surface area contributed by atoms with E-state index < -0.39 is 6.09 Å². The molecule has 1 heterocycles. The van der Waals surface area contributed by atoms with E-state index in [9.17, 15) is 4.79 Å². The maximum absolute atomic E-state index is 11.6. The number of amides is 1. The van der Waals surface area contributed by atoms with Gasteiger partial charge in [0.1, 0.15) is 5.75 Å². The van der Waals surface area contributed by atoms with Crippen molar-refractivity contribution >= 4 is 17.4 Å². The lowest BCUT2D eigenvalue weighted by atomic mass is 10.3. The number of hydrogen-bond donors (Lipinski definition) is 2. The number of thiophene rings is 1. The van der Waals surface area contributed by atoms with Crippen LogP contribution in [0.3, 0.4) is 0 Å². The molecule has 0 saturated carbocycles. The highest BCUT2D eigenvalue weighted by atomic mass is 32.1. The van der Waals surface area contributed by atoms with Crippen molar-refractivity contribution < 1.29 is 14.6 Å². The molecule has 108 valence electrons. The van der Waals surface area contributed by atoms with Gasteiger partial charge in [0.25, 0.3) is 0 Å². The van der Waals surface area contributed by atoms with Gasteiger partial charge in [-0.3, -0.25) is 0 Å². The molecule has 0 spiro atoms. The minimum absolute atomic E-state index is 0.0676.